The van der Waals surface area contributed by atoms with Crippen LogP contribution in [0, 0.1) is 5.92 Å². The minimum Gasteiger partial charge on any atom is -0.461 e. The van der Waals surface area contributed by atoms with Crippen LogP contribution in [0.4, 0.5) is 11.9 Å². The molecular weight excluding hydrogens is 254 g/mol. The fraction of sp³-hybridized carbons (Fsp3) is 0.786. The highest BCUT2D eigenvalue weighted by Crippen LogP contribution is 2.24. The Labute approximate surface area is 121 Å². The lowest BCUT2D eigenvalue weighted by Crippen LogP contribution is -2.36. The van der Waals surface area contributed by atoms with Crippen molar-refractivity contribution in [1.82, 2.24) is 15.0 Å². The molecule has 6 heteroatoms. The predicted molar refractivity (Wildman–Crippen MR) is 80.4 cm³/mol. The maximum Gasteiger partial charge on any atom is 0.323 e. The van der Waals surface area contributed by atoms with Gasteiger partial charge >= 0.3 is 6.01 Å². The number of nitrogens with one attached hydrogen (secondary N) is 1. The highest BCUT2D eigenvalue weighted by Gasteiger charge is 2.22. The van der Waals surface area contributed by atoms with E-state index in [1.165, 1.54) is 19.3 Å². The molecule has 1 aliphatic rings. The fourth-order valence-corrected chi connectivity index (χ4v) is 2.44. The van der Waals surface area contributed by atoms with Gasteiger partial charge in [-0.3, -0.25) is 0 Å². The minimum absolute atomic E-state index is 0.0553. The summed E-state index contributed by atoms with van der Waals surface area (Å²) in [4.78, 5) is 15.4. The first-order valence-electron chi connectivity index (χ1n) is 7.47. The Kier molecular flexibility index (Phi) is 4.98. The maximum absolute atomic E-state index is 5.61. The molecule has 112 valence electrons. The zero-order chi connectivity index (χ0) is 14.5. The van der Waals surface area contributed by atoms with Gasteiger partial charge in [-0.1, -0.05) is 13.3 Å². The number of ether oxygens (including phenoxy) is 1. The van der Waals surface area contributed by atoms with Crippen molar-refractivity contribution in [2.75, 3.05) is 30.4 Å². The molecule has 1 unspecified atom stereocenters. The zero-order valence-corrected chi connectivity index (χ0v) is 12.9. The summed E-state index contributed by atoms with van der Waals surface area (Å²) in [6, 6.07) is 0.396. The topological polar surface area (TPSA) is 63.2 Å². The predicted octanol–water partition coefficient (Wildman–Crippen LogP) is 2.33. The lowest BCUT2D eigenvalue weighted by Gasteiger charge is -2.32. The first-order valence-corrected chi connectivity index (χ1v) is 7.47. The highest BCUT2D eigenvalue weighted by atomic mass is 16.5. The first-order chi connectivity index (χ1) is 9.62. The van der Waals surface area contributed by atoms with Gasteiger partial charge in [-0.15, -0.1) is 0 Å². The van der Waals surface area contributed by atoms with Crippen molar-refractivity contribution in [1.29, 1.82) is 0 Å². The lowest BCUT2D eigenvalue weighted by molar-refractivity contribution is 0.221. The third-order valence-electron chi connectivity index (χ3n) is 3.55. The van der Waals surface area contributed by atoms with Gasteiger partial charge in [0, 0.05) is 20.1 Å². The second kappa shape index (κ2) is 6.72. The van der Waals surface area contributed by atoms with Gasteiger partial charge in [-0.05, 0) is 32.6 Å². The van der Waals surface area contributed by atoms with E-state index >= 15 is 0 Å². The highest BCUT2D eigenvalue weighted by molar-refractivity contribution is 5.38. The number of piperidine rings is 1. The quantitative estimate of drug-likeness (QED) is 0.892. The Balaban J connectivity index is 2.20. The van der Waals surface area contributed by atoms with E-state index in [9.17, 15) is 0 Å². The molecule has 1 saturated heterocycles. The molecule has 1 N–H and O–H groups in total. The SMILES string of the molecule is CCC1CCCN(c2nc(NC)nc(OC(C)C)n2)C1. The van der Waals surface area contributed by atoms with E-state index in [4.69, 9.17) is 4.74 Å². The average Bonchev–Trinajstić information content (AvgIpc) is 2.46. The lowest BCUT2D eigenvalue weighted by atomic mass is 9.96. The number of nitrogens with zero attached hydrogens (tertiary/aromatic N) is 4. The Morgan fingerprint density at radius 3 is 2.80 bits per heavy atom. The summed E-state index contributed by atoms with van der Waals surface area (Å²) in [5, 5.41) is 2.98. The summed E-state index contributed by atoms with van der Waals surface area (Å²) in [5.74, 6) is 2.01. The monoisotopic (exact) mass is 279 g/mol. The molecule has 2 rings (SSSR count). The van der Waals surface area contributed by atoms with Crippen LogP contribution in [-0.4, -0.2) is 41.2 Å². The molecule has 1 aromatic rings. The van der Waals surface area contributed by atoms with Crippen molar-refractivity contribution in [2.24, 2.45) is 5.92 Å². The molecule has 0 saturated carbocycles. The van der Waals surface area contributed by atoms with Gasteiger partial charge in [0.05, 0.1) is 6.10 Å². The van der Waals surface area contributed by atoms with Crippen LogP contribution in [0.25, 0.3) is 0 Å². The molecule has 0 radical (unpaired) electrons. The first kappa shape index (κ1) is 14.8. The van der Waals surface area contributed by atoms with Crippen molar-refractivity contribution in [2.45, 2.75) is 46.1 Å². The summed E-state index contributed by atoms with van der Waals surface area (Å²) < 4.78 is 5.61. The smallest absolute Gasteiger partial charge is 0.323 e. The summed E-state index contributed by atoms with van der Waals surface area (Å²) >= 11 is 0. The number of anilines is 2. The van der Waals surface area contributed by atoms with Crippen LogP contribution in [0.1, 0.15) is 40.0 Å². The van der Waals surface area contributed by atoms with Gasteiger partial charge < -0.3 is 15.0 Å². The van der Waals surface area contributed by atoms with Crippen LogP contribution < -0.4 is 15.0 Å². The molecule has 6 nitrogen and oxygen atoms in total. The zero-order valence-electron chi connectivity index (χ0n) is 12.9. The van der Waals surface area contributed by atoms with Crippen molar-refractivity contribution in [3.63, 3.8) is 0 Å². The maximum atomic E-state index is 5.61. The molecule has 1 aliphatic heterocycles. The number of rotatable bonds is 5. The summed E-state index contributed by atoms with van der Waals surface area (Å²) in [6.45, 7) is 8.20. The van der Waals surface area contributed by atoms with Crippen molar-refractivity contribution >= 4 is 11.9 Å². The number of aromatic nitrogens is 3. The van der Waals surface area contributed by atoms with Crippen molar-refractivity contribution in [3.05, 3.63) is 0 Å². The Bertz CT molecular complexity index is 438. The van der Waals surface area contributed by atoms with Crippen molar-refractivity contribution < 1.29 is 4.74 Å². The van der Waals surface area contributed by atoms with Gasteiger partial charge in [0.25, 0.3) is 0 Å². The largest absolute Gasteiger partial charge is 0.461 e. The molecule has 1 fully saturated rings. The molecule has 0 aromatic carbocycles. The molecule has 0 amide bonds. The van der Waals surface area contributed by atoms with Crippen LogP contribution in [0.3, 0.4) is 0 Å². The van der Waals surface area contributed by atoms with Crippen LogP contribution >= 0.6 is 0 Å². The van der Waals surface area contributed by atoms with E-state index in [1.54, 1.807) is 0 Å². The minimum atomic E-state index is 0.0553. The van der Waals surface area contributed by atoms with Crippen LogP contribution in [0.15, 0.2) is 0 Å². The third kappa shape index (κ3) is 3.71. The van der Waals surface area contributed by atoms with E-state index in [0.29, 0.717) is 12.0 Å². The second-order valence-electron chi connectivity index (χ2n) is 5.52. The normalized spacial score (nSPS) is 19.2. The van der Waals surface area contributed by atoms with Crippen LogP contribution in [0.5, 0.6) is 6.01 Å². The Morgan fingerprint density at radius 2 is 2.15 bits per heavy atom. The molecule has 0 aliphatic carbocycles. The molecule has 0 spiro atoms. The molecule has 2 heterocycles. The van der Waals surface area contributed by atoms with Gasteiger partial charge in [0.2, 0.25) is 11.9 Å². The van der Waals surface area contributed by atoms with E-state index in [-0.39, 0.29) is 6.10 Å². The van der Waals surface area contributed by atoms with Gasteiger partial charge in [-0.25, -0.2) is 0 Å². The fourth-order valence-electron chi connectivity index (χ4n) is 2.44. The number of hydrogen-bond donors (Lipinski definition) is 1. The second-order valence-corrected chi connectivity index (χ2v) is 5.52. The van der Waals surface area contributed by atoms with E-state index in [2.05, 4.69) is 32.1 Å². The standard InChI is InChI=1S/C14H25N5O/c1-5-11-7-6-8-19(9-11)13-16-12(15-4)17-14(18-13)20-10(2)3/h10-11H,5-9H2,1-4H3,(H,15,16,17,18). The number of hydrogen-bond acceptors (Lipinski definition) is 6. The van der Waals surface area contributed by atoms with Crippen molar-refractivity contribution in [3.8, 4) is 6.01 Å². The summed E-state index contributed by atoms with van der Waals surface area (Å²) in [6.07, 6.45) is 3.75. The van der Waals surface area contributed by atoms with E-state index in [0.717, 1.165) is 25.0 Å². The summed E-state index contributed by atoms with van der Waals surface area (Å²) in [5.41, 5.74) is 0. The third-order valence-corrected chi connectivity index (χ3v) is 3.55. The molecule has 1 atom stereocenters. The van der Waals surface area contributed by atoms with E-state index in [1.807, 2.05) is 20.9 Å². The molecule has 1 aromatic heterocycles. The Hall–Kier alpha value is -1.59. The van der Waals surface area contributed by atoms with Gasteiger partial charge in [0.15, 0.2) is 0 Å². The average molecular weight is 279 g/mol. The molecule has 0 bridgehead atoms. The van der Waals surface area contributed by atoms with Gasteiger partial charge in [0.1, 0.15) is 0 Å². The van der Waals surface area contributed by atoms with E-state index < -0.39 is 0 Å². The van der Waals surface area contributed by atoms with Crippen LogP contribution in [-0.2, 0) is 0 Å². The molecular formula is C14H25N5O. The van der Waals surface area contributed by atoms with Crippen LogP contribution in [0.2, 0.25) is 0 Å². The summed E-state index contributed by atoms with van der Waals surface area (Å²) in [7, 11) is 1.81. The van der Waals surface area contributed by atoms with Gasteiger partial charge in [-0.2, -0.15) is 15.0 Å². The molecule has 20 heavy (non-hydrogen) atoms. The Morgan fingerprint density at radius 1 is 1.35 bits per heavy atom.